The molecule has 4 rings (SSSR count). The van der Waals surface area contributed by atoms with Crippen molar-refractivity contribution in [2.75, 3.05) is 24.2 Å². The van der Waals surface area contributed by atoms with Crippen LogP contribution in [0.25, 0.3) is 0 Å². The second-order valence-corrected chi connectivity index (χ2v) is 13.0. The molecule has 3 aromatic carbocycles. The number of carbonyl (C=O) groups is 2. The number of halogens is 1. The summed E-state index contributed by atoms with van der Waals surface area (Å²) in [5.41, 5.74) is 0.699. The van der Waals surface area contributed by atoms with E-state index < -0.39 is 44.9 Å². The lowest BCUT2D eigenvalue weighted by molar-refractivity contribution is -0.384. The molecular formula is C32H37FN4O7S. The maximum atomic E-state index is 14.3. The van der Waals surface area contributed by atoms with Gasteiger partial charge in [-0.2, -0.15) is 0 Å². The summed E-state index contributed by atoms with van der Waals surface area (Å²) in [6, 6.07) is 16.9. The SMILES string of the molecule is COc1ccc([N+](=O)[O-])cc1N(CC(=O)N(Cc1ccc(F)cc1)[C@@H](Cc1ccccc1)C(=O)NC1CCCCC1)S(C)(=O)=O. The van der Waals surface area contributed by atoms with Crippen LogP contribution < -0.4 is 14.4 Å². The zero-order chi connectivity index (χ0) is 32.6. The van der Waals surface area contributed by atoms with Gasteiger partial charge in [0.1, 0.15) is 29.8 Å². The maximum absolute atomic E-state index is 14.3. The van der Waals surface area contributed by atoms with E-state index in [-0.39, 0.29) is 36.4 Å². The van der Waals surface area contributed by atoms with Crippen LogP contribution >= 0.6 is 0 Å². The Morgan fingerprint density at radius 3 is 2.29 bits per heavy atom. The van der Waals surface area contributed by atoms with Crippen molar-refractivity contribution >= 4 is 33.2 Å². The third-order valence-electron chi connectivity index (χ3n) is 7.81. The summed E-state index contributed by atoms with van der Waals surface area (Å²) in [5, 5.41) is 14.6. The topological polar surface area (TPSA) is 139 Å². The highest BCUT2D eigenvalue weighted by molar-refractivity contribution is 7.92. The molecule has 1 aliphatic carbocycles. The third kappa shape index (κ3) is 9.00. The number of methoxy groups -OCH3 is 1. The minimum Gasteiger partial charge on any atom is -0.495 e. The average molecular weight is 641 g/mol. The van der Waals surface area contributed by atoms with E-state index in [1.807, 2.05) is 30.3 Å². The quantitative estimate of drug-likeness (QED) is 0.213. The minimum atomic E-state index is -4.19. The molecule has 240 valence electrons. The van der Waals surface area contributed by atoms with Crippen molar-refractivity contribution in [1.82, 2.24) is 10.2 Å². The Balaban J connectivity index is 1.77. The fourth-order valence-corrected chi connectivity index (χ4v) is 6.31. The second kappa shape index (κ2) is 15.0. The molecule has 1 N–H and O–H groups in total. The number of nitrogens with zero attached hydrogens (tertiary/aromatic N) is 3. The second-order valence-electron chi connectivity index (χ2n) is 11.1. The minimum absolute atomic E-state index is 0.000198. The van der Waals surface area contributed by atoms with Gasteiger partial charge in [0.25, 0.3) is 5.69 Å². The molecule has 0 aliphatic heterocycles. The zero-order valence-electron chi connectivity index (χ0n) is 25.2. The molecule has 0 radical (unpaired) electrons. The summed E-state index contributed by atoms with van der Waals surface area (Å²) < 4.78 is 46.0. The van der Waals surface area contributed by atoms with Gasteiger partial charge in [0, 0.05) is 31.1 Å². The summed E-state index contributed by atoms with van der Waals surface area (Å²) in [5.74, 6) is -1.61. The van der Waals surface area contributed by atoms with Crippen LogP contribution in [0.4, 0.5) is 15.8 Å². The van der Waals surface area contributed by atoms with Gasteiger partial charge in [-0.1, -0.05) is 61.7 Å². The Morgan fingerprint density at radius 2 is 1.69 bits per heavy atom. The molecule has 45 heavy (non-hydrogen) atoms. The number of hydrogen-bond acceptors (Lipinski definition) is 7. The van der Waals surface area contributed by atoms with E-state index in [0.29, 0.717) is 5.56 Å². The van der Waals surface area contributed by atoms with Crippen LogP contribution in [0.1, 0.15) is 43.2 Å². The fourth-order valence-electron chi connectivity index (χ4n) is 5.47. The number of ether oxygens (including phenoxy) is 1. The highest BCUT2D eigenvalue weighted by Crippen LogP contribution is 2.34. The number of anilines is 1. The Bertz CT molecular complexity index is 1600. The monoisotopic (exact) mass is 640 g/mol. The van der Waals surface area contributed by atoms with E-state index in [4.69, 9.17) is 4.74 Å². The number of nitro groups is 1. The molecule has 0 aromatic heterocycles. The van der Waals surface area contributed by atoms with Gasteiger partial charge in [-0.25, -0.2) is 12.8 Å². The number of benzene rings is 3. The molecule has 0 heterocycles. The van der Waals surface area contributed by atoms with Crippen molar-refractivity contribution in [2.24, 2.45) is 0 Å². The highest BCUT2D eigenvalue weighted by Gasteiger charge is 2.35. The molecule has 1 aliphatic rings. The Morgan fingerprint density at radius 1 is 1.02 bits per heavy atom. The first-order valence-electron chi connectivity index (χ1n) is 14.6. The van der Waals surface area contributed by atoms with Crippen LogP contribution in [0.3, 0.4) is 0 Å². The smallest absolute Gasteiger partial charge is 0.271 e. The standard InChI is InChI=1S/C32H37FN4O7S/c1-44-30-18-17-27(37(40)41)20-28(30)36(45(2,42)43)22-31(38)35(21-24-13-15-25(33)16-14-24)29(19-23-9-5-3-6-10-23)32(39)34-26-11-7-4-8-12-26/h3,5-6,9-10,13-18,20,26,29H,4,7-8,11-12,19,21-22H2,1-2H3,(H,34,39)/t29-/m0/s1. The number of rotatable bonds is 13. The summed E-state index contributed by atoms with van der Waals surface area (Å²) in [7, 11) is -2.92. The number of non-ortho nitro benzene ring substituents is 1. The van der Waals surface area contributed by atoms with E-state index >= 15 is 0 Å². The molecule has 0 spiro atoms. The number of sulfonamides is 1. The van der Waals surface area contributed by atoms with Crippen LogP contribution in [0, 0.1) is 15.9 Å². The number of nitro benzene ring substituents is 1. The van der Waals surface area contributed by atoms with Crippen molar-refractivity contribution in [3.63, 3.8) is 0 Å². The molecule has 1 saturated carbocycles. The maximum Gasteiger partial charge on any atom is 0.271 e. The Labute approximate surface area is 262 Å². The number of nitrogens with one attached hydrogen (secondary N) is 1. The van der Waals surface area contributed by atoms with Crippen molar-refractivity contribution < 1.29 is 32.1 Å². The average Bonchev–Trinajstić information content (AvgIpc) is 3.02. The molecule has 11 nitrogen and oxygen atoms in total. The van der Waals surface area contributed by atoms with Crippen molar-refractivity contribution in [3.05, 3.63) is 99.9 Å². The van der Waals surface area contributed by atoms with Gasteiger partial charge in [-0.05, 0) is 42.2 Å². The lowest BCUT2D eigenvalue weighted by Gasteiger charge is -2.35. The lowest BCUT2D eigenvalue weighted by Crippen LogP contribution is -2.55. The first-order valence-corrected chi connectivity index (χ1v) is 16.5. The van der Waals surface area contributed by atoms with Gasteiger partial charge in [-0.3, -0.25) is 24.0 Å². The Kier molecular flexibility index (Phi) is 11.1. The largest absolute Gasteiger partial charge is 0.495 e. The lowest BCUT2D eigenvalue weighted by atomic mass is 9.94. The predicted molar refractivity (Wildman–Crippen MR) is 168 cm³/mol. The van der Waals surface area contributed by atoms with Crippen molar-refractivity contribution in [1.29, 1.82) is 0 Å². The van der Waals surface area contributed by atoms with Crippen LogP contribution in [-0.4, -0.2) is 62.0 Å². The van der Waals surface area contributed by atoms with Crippen molar-refractivity contribution in [2.45, 2.75) is 57.2 Å². The van der Waals surface area contributed by atoms with Crippen LogP contribution in [-0.2, 0) is 32.6 Å². The summed E-state index contributed by atoms with van der Waals surface area (Å²) in [6.45, 7) is -0.905. The summed E-state index contributed by atoms with van der Waals surface area (Å²) in [6.07, 6.45) is 5.65. The van der Waals surface area contributed by atoms with Gasteiger partial charge >= 0.3 is 0 Å². The number of amides is 2. The third-order valence-corrected chi connectivity index (χ3v) is 8.94. The Hall–Kier alpha value is -4.52. The molecule has 1 atom stereocenters. The van der Waals surface area contributed by atoms with E-state index in [2.05, 4.69) is 5.32 Å². The van der Waals surface area contributed by atoms with Crippen LogP contribution in [0.2, 0.25) is 0 Å². The van der Waals surface area contributed by atoms with Gasteiger partial charge in [0.05, 0.1) is 18.3 Å². The molecule has 13 heteroatoms. The van der Waals surface area contributed by atoms with Gasteiger partial charge < -0.3 is 15.0 Å². The van der Waals surface area contributed by atoms with Gasteiger partial charge in [-0.15, -0.1) is 0 Å². The zero-order valence-corrected chi connectivity index (χ0v) is 26.0. The van der Waals surface area contributed by atoms with Crippen molar-refractivity contribution in [3.8, 4) is 5.75 Å². The van der Waals surface area contributed by atoms with E-state index in [0.717, 1.165) is 60.4 Å². The first kappa shape index (κ1) is 33.4. The van der Waals surface area contributed by atoms with Gasteiger partial charge in [0.15, 0.2) is 0 Å². The number of carbonyl (C=O) groups excluding carboxylic acids is 2. The van der Waals surface area contributed by atoms with E-state index in [9.17, 15) is 32.5 Å². The molecule has 0 unspecified atom stereocenters. The normalized spacial score (nSPS) is 14.3. The fraction of sp³-hybridized carbons (Fsp3) is 0.375. The molecule has 0 saturated heterocycles. The predicted octanol–water partition coefficient (Wildman–Crippen LogP) is 4.60. The van der Waals surface area contributed by atoms with Gasteiger partial charge in [0.2, 0.25) is 21.8 Å². The molecule has 2 amide bonds. The van der Waals surface area contributed by atoms with E-state index in [1.54, 1.807) is 0 Å². The molecule has 0 bridgehead atoms. The molecule has 1 fully saturated rings. The van der Waals surface area contributed by atoms with Crippen LogP contribution in [0.5, 0.6) is 5.75 Å². The summed E-state index contributed by atoms with van der Waals surface area (Å²) in [4.78, 5) is 40.4. The first-order chi connectivity index (χ1) is 21.5. The van der Waals surface area contributed by atoms with E-state index in [1.165, 1.54) is 42.3 Å². The summed E-state index contributed by atoms with van der Waals surface area (Å²) >= 11 is 0. The molecular weight excluding hydrogens is 603 g/mol. The van der Waals surface area contributed by atoms with Crippen LogP contribution in [0.15, 0.2) is 72.8 Å². The highest BCUT2D eigenvalue weighted by atomic mass is 32.2. The number of hydrogen-bond donors (Lipinski definition) is 1. The molecule has 3 aromatic rings.